The Bertz CT molecular complexity index is 108. The van der Waals surface area contributed by atoms with Gasteiger partial charge in [-0.3, -0.25) is 0 Å². The first-order chi connectivity index (χ1) is 3.72. The summed E-state index contributed by atoms with van der Waals surface area (Å²) in [5, 5.41) is 8.79. The van der Waals surface area contributed by atoms with Crippen molar-refractivity contribution in [3.63, 3.8) is 0 Å². The van der Waals surface area contributed by atoms with Gasteiger partial charge >= 0.3 is 0 Å². The Balaban J connectivity index is 4.04. The molecule has 0 bridgehead atoms. The van der Waals surface area contributed by atoms with Crippen LogP contribution < -0.4 is 5.73 Å². The number of nitrogens with two attached hydrogens (primary N) is 1. The predicted octanol–water partition coefficient (Wildman–Crippen LogP) is 1.31. The number of rotatable bonds is 1. The predicted molar refractivity (Wildman–Crippen MR) is 34.3 cm³/mol. The molecule has 0 amide bonds. The first kappa shape index (κ1) is 7.08. The molecule has 2 heteroatoms. The van der Waals surface area contributed by atoms with Crippen LogP contribution in [0.15, 0.2) is 23.6 Å². The third kappa shape index (κ3) is 1.69. The Morgan fingerprint density at radius 3 is 2.00 bits per heavy atom. The van der Waals surface area contributed by atoms with E-state index in [0.717, 1.165) is 0 Å². The van der Waals surface area contributed by atoms with E-state index in [1.54, 1.807) is 26.0 Å². The highest BCUT2D eigenvalue weighted by molar-refractivity contribution is 5.19. The largest absolute Gasteiger partial charge is 0.506 e. The van der Waals surface area contributed by atoms with Crippen LogP contribution in [0.25, 0.3) is 0 Å². The van der Waals surface area contributed by atoms with Crippen LogP contribution in [0.4, 0.5) is 0 Å². The van der Waals surface area contributed by atoms with E-state index in [0.29, 0.717) is 5.70 Å². The van der Waals surface area contributed by atoms with Gasteiger partial charge in [0.1, 0.15) is 5.76 Å². The van der Waals surface area contributed by atoms with Crippen LogP contribution in [-0.2, 0) is 0 Å². The fourth-order valence-electron chi connectivity index (χ4n) is 0.315. The summed E-state index contributed by atoms with van der Waals surface area (Å²) >= 11 is 0. The SMILES string of the molecule is CC=C(O)/C(N)=C\C. The number of aliphatic hydroxyl groups excluding tert-OH is 1. The third-order valence-corrected chi connectivity index (χ3v) is 0.880. The van der Waals surface area contributed by atoms with Gasteiger partial charge in [0, 0.05) is 0 Å². The maximum Gasteiger partial charge on any atom is 0.133 e. The van der Waals surface area contributed by atoms with Crippen LogP contribution in [0.1, 0.15) is 13.8 Å². The van der Waals surface area contributed by atoms with E-state index in [1.165, 1.54) is 0 Å². The first-order valence-corrected chi connectivity index (χ1v) is 2.49. The summed E-state index contributed by atoms with van der Waals surface area (Å²) in [7, 11) is 0. The van der Waals surface area contributed by atoms with Gasteiger partial charge in [0.25, 0.3) is 0 Å². The lowest BCUT2D eigenvalue weighted by molar-refractivity contribution is 0.420. The molecule has 0 spiro atoms. The highest BCUT2D eigenvalue weighted by atomic mass is 16.3. The highest BCUT2D eigenvalue weighted by Crippen LogP contribution is 1.95. The van der Waals surface area contributed by atoms with Crippen LogP contribution in [0.3, 0.4) is 0 Å². The normalized spacial score (nSPS) is 14.2. The van der Waals surface area contributed by atoms with Crippen molar-refractivity contribution in [1.29, 1.82) is 0 Å². The van der Waals surface area contributed by atoms with Crippen molar-refractivity contribution in [2.24, 2.45) is 5.73 Å². The Morgan fingerprint density at radius 1 is 1.38 bits per heavy atom. The Kier molecular flexibility index (Phi) is 2.77. The van der Waals surface area contributed by atoms with Gasteiger partial charge in [-0.25, -0.2) is 0 Å². The van der Waals surface area contributed by atoms with Crippen molar-refractivity contribution in [1.82, 2.24) is 0 Å². The van der Waals surface area contributed by atoms with E-state index in [-0.39, 0.29) is 5.76 Å². The molecule has 0 aromatic carbocycles. The molecule has 0 heterocycles. The topological polar surface area (TPSA) is 46.2 Å². The monoisotopic (exact) mass is 113 g/mol. The van der Waals surface area contributed by atoms with Crippen LogP contribution >= 0.6 is 0 Å². The third-order valence-electron chi connectivity index (χ3n) is 0.880. The minimum Gasteiger partial charge on any atom is -0.506 e. The molecule has 0 aromatic heterocycles. The number of allylic oxidation sites excluding steroid dienone is 2. The van der Waals surface area contributed by atoms with E-state index >= 15 is 0 Å². The maximum atomic E-state index is 8.79. The molecule has 0 rings (SSSR count). The zero-order valence-corrected chi connectivity index (χ0v) is 5.18. The smallest absolute Gasteiger partial charge is 0.133 e. The van der Waals surface area contributed by atoms with Gasteiger partial charge in [-0.15, -0.1) is 0 Å². The summed E-state index contributed by atoms with van der Waals surface area (Å²) in [5.41, 5.74) is 5.69. The summed E-state index contributed by atoms with van der Waals surface area (Å²) in [6.07, 6.45) is 3.20. The fraction of sp³-hybridized carbons (Fsp3) is 0.333. The second-order valence-electron chi connectivity index (χ2n) is 1.42. The molecule has 0 saturated carbocycles. The van der Waals surface area contributed by atoms with Crippen molar-refractivity contribution >= 4 is 0 Å². The molecule has 0 atom stereocenters. The van der Waals surface area contributed by atoms with E-state index in [9.17, 15) is 0 Å². The van der Waals surface area contributed by atoms with Crippen molar-refractivity contribution in [2.45, 2.75) is 13.8 Å². The van der Waals surface area contributed by atoms with Gasteiger partial charge in [-0.1, -0.05) is 6.08 Å². The summed E-state index contributed by atoms with van der Waals surface area (Å²) in [5.74, 6) is 0.146. The van der Waals surface area contributed by atoms with Crippen molar-refractivity contribution in [3.05, 3.63) is 23.6 Å². The molecule has 0 fully saturated rings. The zero-order valence-electron chi connectivity index (χ0n) is 5.18. The molecule has 0 radical (unpaired) electrons. The van der Waals surface area contributed by atoms with Crippen LogP contribution in [0.2, 0.25) is 0 Å². The fourth-order valence-corrected chi connectivity index (χ4v) is 0.315. The number of hydrogen-bond donors (Lipinski definition) is 2. The second-order valence-corrected chi connectivity index (χ2v) is 1.42. The molecule has 3 N–H and O–H groups in total. The summed E-state index contributed by atoms with van der Waals surface area (Å²) in [4.78, 5) is 0. The van der Waals surface area contributed by atoms with Crippen LogP contribution in [0, 0.1) is 0 Å². The lowest BCUT2D eigenvalue weighted by Crippen LogP contribution is -1.98. The average Bonchev–Trinajstić information content (AvgIpc) is 1.84. The van der Waals surface area contributed by atoms with Crippen molar-refractivity contribution < 1.29 is 5.11 Å². The molecular formula is C6H11NO. The summed E-state index contributed by atoms with van der Waals surface area (Å²) < 4.78 is 0. The van der Waals surface area contributed by atoms with Gasteiger partial charge in [-0.2, -0.15) is 0 Å². The lowest BCUT2D eigenvalue weighted by atomic mass is 10.3. The van der Waals surface area contributed by atoms with Crippen LogP contribution in [0.5, 0.6) is 0 Å². The van der Waals surface area contributed by atoms with E-state index < -0.39 is 0 Å². The molecule has 2 nitrogen and oxygen atoms in total. The second kappa shape index (κ2) is 3.13. The molecule has 0 aromatic rings. The molecule has 0 unspecified atom stereocenters. The van der Waals surface area contributed by atoms with Crippen molar-refractivity contribution in [3.8, 4) is 0 Å². The Morgan fingerprint density at radius 2 is 1.88 bits per heavy atom. The van der Waals surface area contributed by atoms with E-state index in [2.05, 4.69) is 0 Å². The molecule has 8 heavy (non-hydrogen) atoms. The number of hydrogen-bond acceptors (Lipinski definition) is 2. The van der Waals surface area contributed by atoms with E-state index in [1.807, 2.05) is 0 Å². The zero-order chi connectivity index (χ0) is 6.57. The number of aliphatic hydroxyl groups is 1. The summed E-state index contributed by atoms with van der Waals surface area (Å²) in [6, 6.07) is 0. The molecule has 46 valence electrons. The molecule has 0 saturated heterocycles. The van der Waals surface area contributed by atoms with Crippen LogP contribution in [-0.4, -0.2) is 5.11 Å². The Hall–Kier alpha value is -0.920. The maximum absolute atomic E-state index is 8.79. The molecule has 0 aliphatic heterocycles. The molecule has 0 aliphatic carbocycles. The highest BCUT2D eigenvalue weighted by Gasteiger charge is 1.89. The quantitative estimate of drug-likeness (QED) is 0.398. The minimum absolute atomic E-state index is 0.146. The van der Waals surface area contributed by atoms with Gasteiger partial charge in [0.05, 0.1) is 5.70 Å². The van der Waals surface area contributed by atoms with Crippen molar-refractivity contribution in [2.75, 3.05) is 0 Å². The first-order valence-electron chi connectivity index (χ1n) is 2.49. The van der Waals surface area contributed by atoms with Gasteiger partial charge in [-0.05, 0) is 19.9 Å². The lowest BCUT2D eigenvalue weighted by Gasteiger charge is -1.94. The minimum atomic E-state index is 0.146. The molecular weight excluding hydrogens is 102 g/mol. The van der Waals surface area contributed by atoms with Gasteiger partial charge < -0.3 is 10.8 Å². The average molecular weight is 113 g/mol. The van der Waals surface area contributed by atoms with E-state index in [4.69, 9.17) is 10.8 Å². The Labute approximate surface area is 49.3 Å². The molecule has 0 aliphatic rings. The standard InChI is InChI=1S/C6H11NO/c1-3-5(7)6(8)4-2/h3-4,8H,7H2,1-2H3/b5-3+,6-4?. The van der Waals surface area contributed by atoms with Gasteiger partial charge in [0.15, 0.2) is 0 Å². The van der Waals surface area contributed by atoms with Gasteiger partial charge in [0.2, 0.25) is 0 Å². The summed E-state index contributed by atoms with van der Waals surface area (Å²) in [6.45, 7) is 3.50.